The van der Waals surface area contributed by atoms with Gasteiger partial charge in [0.25, 0.3) is 0 Å². The zero-order valence-corrected chi connectivity index (χ0v) is 11.3. The number of esters is 1. The molecule has 1 aliphatic heterocycles. The van der Waals surface area contributed by atoms with Crippen molar-refractivity contribution >= 4 is 11.8 Å². The number of carbonyl (C=O) groups excluding carboxylic acids is 1. The molecule has 0 amide bonds. The number of rotatable bonds is 4. The van der Waals surface area contributed by atoms with Gasteiger partial charge in [-0.3, -0.25) is 4.79 Å². The van der Waals surface area contributed by atoms with Gasteiger partial charge >= 0.3 is 5.97 Å². The first-order chi connectivity index (χ1) is 9.20. The zero-order valence-electron chi connectivity index (χ0n) is 11.3. The minimum absolute atomic E-state index is 0.168. The largest absolute Gasteiger partial charge is 0.468 e. The first kappa shape index (κ1) is 13.7. The predicted molar refractivity (Wildman–Crippen MR) is 70.1 cm³/mol. The monoisotopic (exact) mass is 265 g/mol. The van der Waals surface area contributed by atoms with Gasteiger partial charge in [0, 0.05) is 26.2 Å². The number of likely N-dealkylation sites (N-methyl/N-ethyl adjacent to an activating group) is 1. The summed E-state index contributed by atoms with van der Waals surface area (Å²) in [5.74, 6) is 0.806. The first-order valence-electron chi connectivity index (χ1n) is 6.40. The third-order valence-corrected chi connectivity index (χ3v) is 3.30. The molecule has 0 bridgehead atoms. The van der Waals surface area contributed by atoms with Crippen molar-refractivity contribution in [1.29, 1.82) is 0 Å². The van der Waals surface area contributed by atoms with E-state index in [0.717, 1.165) is 31.7 Å². The smallest absolute Gasteiger partial charge is 0.325 e. The lowest BCUT2D eigenvalue weighted by Crippen LogP contribution is -2.27. The fraction of sp³-hybridized carbons (Fsp3) is 0.615. The Morgan fingerprint density at radius 3 is 2.74 bits per heavy atom. The van der Waals surface area contributed by atoms with Crippen LogP contribution in [0.3, 0.4) is 0 Å². The fourth-order valence-electron chi connectivity index (χ4n) is 2.09. The second kappa shape index (κ2) is 6.47. The number of nitrogens with zero attached hydrogens (tertiary/aromatic N) is 3. The summed E-state index contributed by atoms with van der Waals surface area (Å²) >= 11 is 0. The Morgan fingerprint density at radius 1 is 1.42 bits per heavy atom. The van der Waals surface area contributed by atoms with Crippen molar-refractivity contribution in [2.24, 2.45) is 0 Å². The molecule has 2 heterocycles. The number of aromatic nitrogens is 2. The third kappa shape index (κ3) is 3.64. The molecule has 6 heteroatoms. The highest BCUT2D eigenvalue weighted by molar-refractivity contribution is 5.74. The summed E-state index contributed by atoms with van der Waals surface area (Å²) in [5.41, 5.74) is 0.999. The van der Waals surface area contributed by atoms with E-state index in [2.05, 4.69) is 14.9 Å². The van der Waals surface area contributed by atoms with Gasteiger partial charge in [0.15, 0.2) is 5.82 Å². The molecule has 104 valence electrons. The Labute approximate surface area is 112 Å². The summed E-state index contributed by atoms with van der Waals surface area (Å²) in [4.78, 5) is 12.9. The average Bonchev–Trinajstić information content (AvgIpc) is 2.48. The molecule has 0 aliphatic carbocycles. The SMILES string of the molecule is COC(=O)CN(C)c1ccc(C2CCOCC2)nn1. The fourth-order valence-corrected chi connectivity index (χ4v) is 2.09. The standard InChI is InChI=1S/C13H19N3O3/c1-16(9-13(17)18-2)12-4-3-11(14-15-12)10-5-7-19-8-6-10/h3-4,10H,5-9H2,1-2H3. The van der Waals surface area contributed by atoms with E-state index in [4.69, 9.17) is 4.74 Å². The van der Waals surface area contributed by atoms with Gasteiger partial charge in [-0.15, -0.1) is 5.10 Å². The molecule has 0 unspecified atom stereocenters. The highest BCUT2D eigenvalue weighted by Gasteiger charge is 2.18. The number of carbonyl (C=O) groups is 1. The minimum atomic E-state index is -0.294. The molecule has 1 aromatic rings. The number of hydrogen-bond acceptors (Lipinski definition) is 6. The van der Waals surface area contributed by atoms with Gasteiger partial charge < -0.3 is 14.4 Å². The van der Waals surface area contributed by atoms with Crippen LogP contribution in [0.4, 0.5) is 5.82 Å². The highest BCUT2D eigenvalue weighted by atomic mass is 16.5. The molecule has 0 radical (unpaired) electrons. The van der Waals surface area contributed by atoms with Gasteiger partial charge in [-0.05, 0) is 25.0 Å². The molecular formula is C13H19N3O3. The van der Waals surface area contributed by atoms with Gasteiger partial charge in [-0.1, -0.05) is 0 Å². The van der Waals surface area contributed by atoms with Crippen LogP contribution in [0.25, 0.3) is 0 Å². The van der Waals surface area contributed by atoms with E-state index in [1.165, 1.54) is 7.11 Å². The maximum atomic E-state index is 11.2. The van der Waals surface area contributed by atoms with Crippen molar-refractivity contribution in [3.05, 3.63) is 17.8 Å². The summed E-state index contributed by atoms with van der Waals surface area (Å²) in [7, 11) is 3.16. The van der Waals surface area contributed by atoms with Crippen molar-refractivity contribution in [2.75, 3.05) is 38.8 Å². The van der Waals surface area contributed by atoms with Crippen molar-refractivity contribution in [2.45, 2.75) is 18.8 Å². The van der Waals surface area contributed by atoms with Crippen molar-refractivity contribution in [3.8, 4) is 0 Å². The van der Waals surface area contributed by atoms with Gasteiger partial charge in [-0.25, -0.2) is 0 Å². The molecule has 6 nitrogen and oxygen atoms in total. The van der Waals surface area contributed by atoms with E-state index < -0.39 is 0 Å². The Balaban J connectivity index is 1.99. The van der Waals surface area contributed by atoms with Gasteiger partial charge in [-0.2, -0.15) is 5.10 Å². The van der Waals surface area contributed by atoms with E-state index in [1.54, 1.807) is 11.9 Å². The van der Waals surface area contributed by atoms with Gasteiger partial charge in [0.05, 0.1) is 12.8 Å². The Morgan fingerprint density at radius 2 is 2.16 bits per heavy atom. The van der Waals surface area contributed by atoms with Crippen LogP contribution in [0.2, 0.25) is 0 Å². The van der Waals surface area contributed by atoms with E-state index >= 15 is 0 Å². The number of anilines is 1. The maximum absolute atomic E-state index is 11.2. The second-order valence-corrected chi connectivity index (χ2v) is 4.64. The maximum Gasteiger partial charge on any atom is 0.325 e. The molecule has 2 rings (SSSR count). The molecule has 0 saturated carbocycles. The van der Waals surface area contributed by atoms with Crippen molar-refractivity contribution in [1.82, 2.24) is 10.2 Å². The van der Waals surface area contributed by atoms with Crippen LogP contribution in [0, 0.1) is 0 Å². The quantitative estimate of drug-likeness (QED) is 0.756. The molecule has 19 heavy (non-hydrogen) atoms. The van der Waals surface area contributed by atoms with E-state index in [9.17, 15) is 4.79 Å². The van der Waals surface area contributed by atoms with Crippen molar-refractivity contribution in [3.63, 3.8) is 0 Å². The molecule has 0 atom stereocenters. The lowest BCUT2D eigenvalue weighted by molar-refractivity contribution is -0.138. The van der Waals surface area contributed by atoms with Gasteiger partial charge in [0.1, 0.15) is 6.54 Å². The molecule has 1 aliphatic rings. The molecule has 1 fully saturated rings. The van der Waals surface area contributed by atoms with Crippen LogP contribution < -0.4 is 4.90 Å². The Bertz CT molecular complexity index is 416. The van der Waals surface area contributed by atoms with Gasteiger partial charge in [0.2, 0.25) is 0 Å². The van der Waals surface area contributed by atoms with Crippen LogP contribution in [-0.4, -0.2) is 50.1 Å². The highest BCUT2D eigenvalue weighted by Crippen LogP contribution is 2.25. The first-order valence-corrected chi connectivity index (χ1v) is 6.40. The van der Waals surface area contributed by atoms with Crippen LogP contribution in [-0.2, 0) is 14.3 Å². The topological polar surface area (TPSA) is 64.5 Å². The summed E-state index contributed by atoms with van der Waals surface area (Å²) < 4.78 is 9.95. The van der Waals surface area contributed by atoms with Crippen LogP contribution in [0.15, 0.2) is 12.1 Å². The normalized spacial score (nSPS) is 16.1. The number of methoxy groups -OCH3 is 1. The lowest BCUT2D eigenvalue weighted by atomic mass is 9.96. The summed E-state index contributed by atoms with van der Waals surface area (Å²) in [6.07, 6.45) is 1.98. The summed E-state index contributed by atoms with van der Waals surface area (Å²) in [5, 5.41) is 8.43. The minimum Gasteiger partial charge on any atom is -0.468 e. The molecule has 0 aromatic carbocycles. The molecule has 0 N–H and O–H groups in total. The van der Waals surface area contributed by atoms with E-state index in [1.807, 2.05) is 12.1 Å². The molecule has 1 aromatic heterocycles. The van der Waals surface area contributed by atoms with Crippen LogP contribution >= 0.6 is 0 Å². The second-order valence-electron chi connectivity index (χ2n) is 4.64. The summed E-state index contributed by atoms with van der Waals surface area (Å²) in [6.45, 7) is 1.74. The Kier molecular flexibility index (Phi) is 4.68. The molecular weight excluding hydrogens is 246 g/mol. The predicted octanol–water partition coefficient (Wildman–Crippen LogP) is 0.980. The zero-order chi connectivity index (χ0) is 13.7. The number of ether oxygens (including phenoxy) is 2. The van der Waals surface area contributed by atoms with E-state index in [-0.39, 0.29) is 12.5 Å². The average molecular weight is 265 g/mol. The molecule has 1 saturated heterocycles. The summed E-state index contributed by atoms with van der Waals surface area (Å²) in [6, 6.07) is 3.87. The third-order valence-electron chi connectivity index (χ3n) is 3.30. The van der Waals surface area contributed by atoms with E-state index in [0.29, 0.717) is 11.7 Å². The van der Waals surface area contributed by atoms with Crippen molar-refractivity contribution < 1.29 is 14.3 Å². The molecule has 0 spiro atoms. The van der Waals surface area contributed by atoms with Crippen LogP contribution in [0.5, 0.6) is 0 Å². The van der Waals surface area contributed by atoms with Crippen LogP contribution in [0.1, 0.15) is 24.5 Å². The Hall–Kier alpha value is -1.69. The number of hydrogen-bond donors (Lipinski definition) is 0. The lowest BCUT2D eigenvalue weighted by Gasteiger charge is -2.22.